The van der Waals surface area contributed by atoms with E-state index in [-0.39, 0.29) is 23.3 Å². The molecule has 0 aromatic heterocycles. The third-order valence-electron chi connectivity index (χ3n) is 10.9. The summed E-state index contributed by atoms with van der Waals surface area (Å²) in [6.45, 7) is 3.78. The summed E-state index contributed by atoms with van der Waals surface area (Å²) < 4.78 is 11.3. The number of hydrogen-bond donors (Lipinski definition) is 2. The van der Waals surface area contributed by atoms with Crippen molar-refractivity contribution in [1.82, 2.24) is 5.32 Å². The Kier molecular flexibility index (Phi) is 13.2. The molecular weight excluding hydrogens is 837 g/mol. The van der Waals surface area contributed by atoms with Crippen molar-refractivity contribution in [1.29, 1.82) is 0 Å². The Morgan fingerprint density at radius 2 is 0.968 bits per heavy atom. The lowest BCUT2D eigenvalue weighted by molar-refractivity contribution is -0.117. The molecule has 3 amide bonds. The summed E-state index contributed by atoms with van der Waals surface area (Å²) in [5, 5.41) is 13.5. The predicted octanol–water partition coefficient (Wildman–Crippen LogP) is 11.2. The number of ether oxygens (including phenoxy) is 2. The Bertz CT molecular complexity index is 2870. The van der Waals surface area contributed by atoms with Crippen molar-refractivity contribution >= 4 is 82.6 Å². The molecule has 2 aliphatic rings. The number of carboxylic acids is 1. The maximum absolute atomic E-state index is 12.6. The van der Waals surface area contributed by atoms with Crippen molar-refractivity contribution in [3.8, 4) is 33.8 Å². The normalized spacial score (nSPS) is 12.9. The fourth-order valence-electron chi connectivity index (χ4n) is 7.82. The van der Waals surface area contributed by atoms with E-state index >= 15 is 0 Å². The Balaban J connectivity index is 0.000000189. The average Bonchev–Trinajstić information content (AvgIpc) is 3.27. The molecule has 0 aliphatic carbocycles. The van der Waals surface area contributed by atoms with Gasteiger partial charge in [-0.15, -0.1) is 0 Å². The number of carboxylic acid groups (broad SMARTS) is 1. The molecule has 0 saturated carbocycles. The molecule has 63 heavy (non-hydrogen) atoms. The van der Waals surface area contributed by atoms with Crippen LogP contribution in [0.3, 0.4) is 0 Å². The second kappa shape index (κ2) is 18.9. The van der Waals surface area contributed by atoms with Gasteiger partial charge in [-0.25, -0.2) is 4.79 Å². The van der Waals surface area contributed by atoms with Crippen molar-refractivity contribution < 1.29 is 33.8 Å². The highest BCUT2D eigenvalue weighted by Crippen LogP contribution is 2.40. The number of benzene rings is 6. The van der Waals surface area contributed by atoms with Crippen LogP contribution in [0.15, 0.2) is 109 Å². The van der Waals surface area contributed by atoms with Crippen molar-refractivity contribution in [2.75, 3.05) is 31.1 Å². The van der Waals surface area contributed by atoms with Crippen molar-refractivity contribution in [2.24, 2.45) is 0 Å². The van der Waals surface area contributed by atoms with Gasteiger partial charge in [0, 0.05) is 47.6 Å². The second-order valence-electron chi connectivity index (χ2n) is 14.8. The van der Waals surface area contributed by atoms with Gasteiger partial charge in [-0.05, 0) is 117 Å². The zero-order valence-electron chi connectivity index (χ0n) is 35.2. The van der Waals surface area contributed by atoms with Crippen molar-refractivity contribution in [2.45, 2.75) is 26.9 Å². The van der Waals surface area contributed by atoms with Gasteiger partial charge in [0.05, 0.1) is 44.2 Å². The van der Waals surface area contributed by atoms with Crippen LogP contribution in [0.25, 0.3) is 46.6 Å². The Labute approximate surface area is 375 Å². The summed E-state index contributed by atoms with van der Waals surface area (Å²) in [5.41, 5.74) is 10.4. The van der Waals surface area contributed by atoms with Crippen LogP contribution in [0.4, 0.5) is 11.4 Å². The Hall–Kier alpha value is -7.14. The number of hydrogen-bond acceptors (Lipinski definition) is 6. The van der Waals surface area contributed by atoms with Gasteiger partial charge >= 0.3 is 5.97 Å². The van der Waals surface area contributed by atoms with Crippen LogP contribution in [0, 0.1) is 0 Å². The zero-order chi connectivity index (χ0) is 44.9. The summed E-state index contributed by atoms with van der Waals surface area (Å²) in [7, 11) is 4.77. The van der Waals surface area contributed by atoms with Gasteiger partial charge in [0.15, 0.2) is 0 Å². The molecule has 2 N–H and O–H groups in total. The van der Waals surface area contributed by atoms with E-state index in [0.29, 0.717) is 51.3 Å². The van der Waals surface area contributed by atoms with Crippen LogP contribution >= 0.6 is 23.2 Å². The van der Waals surface area contributed by atoms with Gasteiger partial charge in [0.1, 0.15) is 11.5 Å². The van der Waals surface area contributed by atoms with Crippen LogP contribution in [-0.2, 0) is 22.7 Å². The second-order valence-corrected chi connectivity index (χ2v) is 15.6. The topological polar surface area (TPSA) is 125 Å². The molecule has 0 fully saturated rings. The monoisotopic (exact) mass is 879 g/mol. The predicted molar refractivity (Wildman–Crippen MR) is 252 cm³/mol. The first-order chi connectivity index (χ1) is 30.3. The van der Waals surface area contributed by atoms with Crippen molar-refractivity contribution in [3.05, 3.63) is 164 Å². The van der Waals surface area contributed by atoms with Gasteiger partial charge < -0.3 is 29.7 Å². The van der Waals surface area contributed by atoms with Crippen molar-refractivity contribution in [3.63, 3.8) is 0 Å². The number of fused-ring (bicyclic) bond motifs is 4. The van der Waals surface area contributed by atoms with E-state index in [0.717, 1.165) is 55.9 Å². The molecule has 2 aliphatic heterocycles. The summed E-state index contributed by atoms with van der Waals surface area (Å²) in [4.78, 5) is 52.8. The maximum atomic E-state index is 12.6. The third kappa shape index (κ3) is 9.23. The molecule has 6 aromatic rings. The van der Waals surface area contributed by atoms with Crippen LogP contribution in [-0.4, -0.2) is 50.1 Å². The minimum atomic E-state index is -1.01. The van der Waals surface area contributed by atoms with Crippen LogP contribution in [0.2, 0.25) is 10.0 Å². The highest BCUT2D eigenvalue weighted by molar-refractivity contribution is 6.31. The number of methoxy groups -OCH3 is 2. The molecule has 0 spiro atoms. The average molecular weight is 881 g/mol. The van der Waals surface area contributed by atoms with E-state index in [1.165, 1.54) is 6.92 Å². The molecule has 0 atom stereocenters. The number of amides is 3. The highest BCUT2D eigenvalue weighted by Gasteiger charge is 2.24. The molecule has 10 nitrogen and oxygen atoms in total. The fraction of sp³-hybridized carbons (Fsp3) is 0.137. The number of aromatic carboxylic acids is 1. The molecule has 0 radical (unpaired) electrons. The van der Waals surface area contributed by atoms with Gasteiger partial charge in [0.2, 0.25) is 11.8 Å². The van der Waals surface area contributed by atoms with Crippen LogP contribution in [0.1, 0.15) is 67.9 Å². The molecule has 6 aromatic carbocycles. The SMILES string of the molecule is CNC(=O)c1ccccc1-c1cc2c(cc1OC)/C=C\c1cc(Cl)ccc1N(C(C)=O)C2.COc1cc2c(cc1-c1ccccc1C(=O)O)CN(C(C)=O)c1ccc(Cl)cc1C=C2. The molecule has 318 valence electrons. The first-order valence-electron chi connectivity index (χ1n) is 19.9. The molecule has 0 bridgehead atoms. The van der Waals surface area contributed by atoms with Crippen LogP contribution < -0.4 is 24.6 Å². The number of carbonyl (C=O) groups excluding carboxylic acids is 3. The van der Waals surface area contributed by atoms with E-state index in [4.69, 9.17) is 32.7 Å². The lowest BCUT2D eigenvalue weighted by Gasteiger charge is -2.27. The third-order valence-corrected chi connectivity index (χ3v) is 11.4. The standard InChI is InChI=1S/C26H23ClN2O3.C25H20ClNO4/c1-16(30)29-15-19-13-23(21-6-4-5-7-22(21)26(31)28-2)25(32-3)14-17(19)8-9-18-12-20(27)10-11-24(18)29;1-15(28)27-14-18-12-22(20-5-3-4-6-21(20)25(29)30)24(31-2)13-16(18)7-8-17-11-19(26)9-10-23(17)27/h4-14H,15H2,1-3H3,(H,28,31);3-13H,14H2,1-2H3,(H,29,30)/b9-8-;. The Morgan fingerprint density at radius 3 is 1.38 bits per heavy atom. The summed E-state index contributed by atoms with van der Waals surface area (Å²) >= 11 is 12.4. The summed E-state index contributed by atoms with van der Waals surface area (Å²) in [6, 6.07) is 32.8. The summed E-state index contributed by atoms with van der Waals surface area (Å²) in [5.74, 6) is -0.165. The number of nitrogens with zero attached hydrogens (tertiary/aromatic N) is 2. The number of rotatable bonds is 6. The summed E-state index contributed by atoms with van der Waals surface area (Å²) in [6.07, 6.45) is 7.82. The number of nitrogens with one attached hydrogen (secondary N) is 1. The minimum Gasteiger partial charge on any atom is -0.496 e. The maximum Gasteiger partial charge on any atom is 0.336 e. The molecule has 2 heterocycles. The quantitative estimate of drug-likeness (QED) is 0.171. The molecule has 8 rings (SSSR count). The van der Waals surface area contributed by atoms with Gasteiger partial charge in [-0.3, -0.25) is 14.4 Å². The Morgan fingerprint density at radius 1 is 0.556 bits per heavy atom. The molecule has 0 saturated heterocycles. The fourth-order valence-corrected chi connectivity index (χ4v) is 8.18. The smallest absolute Gasteiger partial charge is 0.336 e. The van der Waals surface area contributed by atoms with E-state index < -0.39 is 5.97 Å². The molecule has 12 heteroatoms. The molecular formula is C51H43Cl2N3O7. The number of anilines is 2. The van der Waals surface area contributed by atoms with Gasteiger partial charge in [0.25, 0.3) is 5.91 Å². The van der Waals surface area contributed by atoms with Gasteiger partial charge in [-0.2, -0.15) is 0 Å². The van der Waals surface area contributed by atoms with E-state index in [1.54, 1.807) is 80.5 Å². The number of halogens is 2. The minimum absolute atomic E-state index is 0.0713. The van der Waals surface area contributed by atoms with Gasteiger partial charge in [-0.1, -0.05) is 83.9 Å². The van der Waals surface area contributed by atoms with E-state index in [2.05, 4.69) is 5.32 Å². The lowest BCUT2D eigenvalue weighted by Crippen LogP contribution is -2.29. The molecule has 0 unspecified atom stereocenters. The first kappa shape index (κ1) is 43.9. The lowest BCUT2D eigenvalue weighted by atomic mass is 9.92. The van der Waals surface area contributed by atoms with Crippen LogP contribution in [0.5, 0.6) is 11.5 Å². The zero-order valence-corrected chi connectivity index (χ0v) is 36.7. The largest absolute Gasteiger partial charge is 0.496 e. The highest BCUT2D eigenvalue weighted by atomic mass is 35.5. The first-order valence-corrected chi connectivity index (χ1v) is 20.6. The van der Waals surface area contributed by atoms with E-state index in [9.17, 15) is 24.3 Å². The number of carbonyl (C=O) groups is 4. The van der Waals surface area contributed by atoms with E-state index in [1.807, 2.05) is 91.0 Å².